The number of nitrogens with zero attached hydrogens (tertiary/aromatic N) is 3. The van der Waals surface area contributed by atoms with Crippen molar-refractivity contribution in [3.05, 3.63) is 45.3 Å². The molecular formula is C13H17N3O. The molecule has 0 radical (unpaired) electrons. The lowest BCUT2D eigenvalue weighted by Gasteiger charge is -2.18. The normalized spacial score (nSPS) is 15.8. The Morgan fingerprint density at radius 3 is 2.76 bits per heavy atom. The first-order valence-electron chi connectivity index (χ1n) is 6.12. The number of hydrogen-bond donors (Lipinski definition) is 1. The molecule has 1 N–H and O–H groups in total. The Bertz CT molecular complexity index is 438. The lowest BCUT2D eigenvalue weighted by atomic mass is 9.89. The van der Waals surface area contributed by atoms with Gasteiger partial charge in [0.05, 0.1) is 6.04 Å². The molecule has 0 amide bonds. The number of aliphatic hydroxyl groups excluding tert-OH is 1. The molecule has 1 aromatic rings. The van der Waals surface area contributed by atoms with E-state index in [1.165, 1.54) is 24.0 Å². The monoisotopic (exact) mass is 231 g/mol. The minimum Gasteiger partial charge on any atom is -0.396 e. The molecular weight excluding hydrogens is 214 g/mol. The van der Waals surface area contributed by atoms with E-state index < -0.39 is 0 Å². The molecule has 2 rings (SSSR count). The quantitative estimate of drug-likeness (QED) is 0.482. The average molecular weight is 231 g/mol. The van der Waals surface area contributed by atoms with Crippen LogP contribution in [0.5, 0.6) is 0 Å². The van der Waals surface area contributed by atoms with E-state index in [2.05, 4.69) is 22.2 Å². The third-order valence-electron chi connectivity index (χ3n) is 3.35. The van der Waals surface area contributed by atoms with Gasteiger partial charge < -0.3 is 5.11 Å². The summed E-state index contributed by atoms with van der Waals surface area (Å²) in [6.07, 6.45) is 5.27. The van der Waals surface area contributed by atoms with Crippen LogP contribution in [0.2, 0.25) is 0 Å². The summed E-state index contributed by atoms with van der Waals surface area (Å²) in [7, 11) is 0. The first-order chi connectivity index (χ1) is 8.35. The molecule has 0 fully saturated rings. The number of fused-ring (bicyclic) bond motifs is 1. The van der Waals surface area contributed by atoms with Crippen LogP contribution in [0.25, 0.3) is 10.4 Å². The van der Waals surface area contributed by atoms with Gasteiger partial charge in [0.15, 0.2) is 0 Å². The third-order valence-corrected chi connectivity index (χ3v) is 3.35. The molecule has 1 atom stereocenters. The molecule has 0 heterocycles. The molecule has 90 valence electrons. The van der Waals surface area contributed by atoms with Crippen LogP contribution in [0.4, 0.5) is 0 Å². The average Bonchev–Trinajstić information content (AvgIpc) is 2.38. The largest absolute Gasteiger partial charge is 0.396 e. The fraction of sp³-hybridized carbons (Fsp3) is 0.538. The third kappa shape index (κ3) is 2.78. The van der Waals surface area contributed by atoms with Crippen molar-refractivity contribution in [3.8, 4) is 0 Å². The molecule has 1 aliphatic rings. The summed E-state index contributed by atoms with van der Waals surface area (Å²) in [5.41, 5.74) is 12.4. The van der Waals surface area contributed by atoms with Crippen molar-refractivity contribution in [1.29, 1.82) is 0 Å². The minimum absolute atomic E-state index is 0.0424. The van der Waals surface area contributed by atoms with Gasteiger partial charge in [0.1, 0.15) is 0 Å². The summed E-state index contributed by atoms with van der Waals surface area (Å²) < 4.78 is 0. The second-order valence-electron chi connectivity index (χ2n) is 4.47. The zero-order valence-electron chi connectivity index (χ0n) is 9.84. The van der Waals surface area contributed by atoms with Crippen LogP contribution in [-0.2, 0) is 12.8 Å². The standard InChI is InChI=1S/C13H17N3O/c14-16-15-13(7-8-17)12-6-5-10-3-1-2-4-11(10)9-12/h5-6,9,13,17H,1-4,7-8H2. The van der Waals surface area contributed by atoms with Crippen LogP contribution in [-0.4, -0.2) is 11.7 Å². The van der Waals surface area contributed by atoms with Gasteiger partial charge in [-0.2, -0.15) is 0 Å². The van der Waals surface area contributed by atoms with Gasteiger partial charge in [0, 0.05) is 11.5 Å². The van der Waals surface area contributed by atoms with E-state index in [1.807, 2.05) is 6.07 Å². The summed E-state index contributed by atoms with van der Waals surface area (Å²) in [4.78, 5) is 2.86. The fourth-order valence-corrected chi connectivity index (χ4v) is 2.44. The Balaban J connectivity index is 2.27. The topological polar surface area (TPSA) is 69.0 Å². The highest BCUT2D eigenvalue weighted by Gasteiger charge is 2.13. The lowest BCUT2D eigenvalue weighted by Crippen LogP contribution is -2.05. The first-order valence-corrected chi connectivity index (χ1v) is 6.12. The van der Waals surface area contributed by atoms with E-state index in [-0.39, 0.29) is 12.6 Å². The van der Waals surface area contributed by atoms with E-state index in [0.29, 0.717) is 6.42 Å². The van der Waals surface area contributed by atoms with Crippen molar-refractivity contribution in [3.63, 3.8) is 0 Å². The molecule has 4 heteroatoms. The van der Waals surface area contributed by atoms with Crippen LogP contribution in [0.1, 0.15) is 42.0 Å². The van der Waals surface area contributed by atoms with Gasteiger partial charge in [0.25, 0.3) is 0 Å². The smallest absolute Gasteiger partial charge is 0.0647 e. The molecule has 0 spiro atoms. The maximum absolute atomic E-state index is 8.98. The van der Waals surface area contributed by atoms with E-state index in [0.717, 1.165) is 18.4 Å². The molecule has 0 saturated heterocycles. The number of aryl methyl sites for hydroxylation is 2. The number of aliphatic hydroxyl groups is 1. The lowest BCUT2D eigenvalue weighted by molar-refractivity contribution is 0.276. The van der Waals surface area contributed by atoms with Gasteiger partial charge in [-0.1, -0.05) is 23.3 Å². The highest BCUT2D eigenvalue weighted by atomic mass is 16.3. The Hall–Kier alpha value is -1.51. The molecule has 1 aliphatic carbocycles. The molecule has 0 saturated carbocycles. The molecule has 1 unspecified atom stereocenters. The Morgan fingerprint density at radius 1 is 1.29 bits per heavy atom. The molecule has 0 bridgehead atoms. The highest BCUT2D eigenvalue weighted by Crippen LogP contribution is 2.27. The van der Waals surface area contributed by atoms with Gasteiger partial charge in [-0.05, 0) is 54.3 Å². The summed E-state index contributed by atoms with van der Waals surface area (Å²) in [6.45, 7) is 0.0424. The van der Waals surface area contributed by atoms with E-state index in [1.54, 1.807) is 0 Å². The number of rotatable bonds is 4. The fourth-order valence-electron chi connectivity index (χ4n) is 2.44. The van der Waals surface area contributed by atoms with E-state index in [4.69, 9.17) is 10.6 Å². The molecule has 0 aliphatic heterocycles. The zero-order valence-corrected chi connectivity index (χ0v) is 9.84. The summed E-state index contributed by atoms with van der Waals surface area (Å²) in [5, 5.41) is 12.7. The van der Waals surface area contributed by atoms with E-state index >= 15 is 0 Å². The van der Waals surface area contributed by atoms with Gasteiger partial charge in [-0.15, -0.1) is 0 Å². The molecule has 0 aromatic heterocycles. The molecule has 4 nitrogen and oxygen atoms in total. The van der Waals surface area contributed by atoms with Crippen LogP contribution in [0, 0.1) is 0 Å². The van der Waals surface area contributed by atoms with Crippen molar-refractivity contribution >= 4 is 0 Å². The summed E-state index contributed by atoms with van der Waals surface area (Å²) >= 11 is 0. The minimum atomic E-state index is -0.239. The van der Waals surface area contributed by atoms with Crippen molar-refractivity contribution in [1.82, 2.24) is 0 Å². The molecule has 1 aromatic carbocycles. The van der Waals surface area contributed by atoms with Gasteiger partial charge in [-0.3, -0.25) is 0 Å². The van der Waals surface area contributed by atoms with Crippen molar-refractivity contribution < 1.29 is 5.11 Å². The number of benzene rings is 1. The van der Waals surface area contributed by atoms with Gasteiger partial charge in [-0.25, -0.2) is 0 Å². The second kappa shape index (κ2) is 5.71. The van der Waals surface area contributed by atoms with Gasteiger partial charge >= 0.3 is 0 Å². The number of hydrogen-bond acceptors (Lipinski definition) is 2. The van der Waals surface area contributed by atoms with Crippen LogP contribution in [0.3, 0.4) is 0 Å². The maximum atomic E-state index is 8.98. The summed E-state index contributed by atoms with van der Waals surface area (Å²) in [6, 6.07) is 6.07. The predicted molar refractivity (Wildman–Crippen MR) is 66.7 cm³/mol. The summed E-state index contributed by atoms with van der Waals surface area (Å²) in [5.74, 6) is 0. The second-order valence-corrected chi connectivity index (χ2v) is 4.47. The zero-order chi connectivity index (χ0) is 12.1. The Kier molecular flexibility index (Phi) is 4.02. The van der Waals surface area contributed by atoms with Crippen molar-refractivity contribution in [2.45, 2.75) is 38.1 Å². The SMILES string of the molecule is [N-]=[N+]=NC(CCO)c1ccc2c(c1)CCCC2. The number of azide groups is 1. The first kappa shape index (κ1) is 12.0. The van der Waals surface area contributed by atoms with Crippen molar-refractivity contribution in [2.24, 2.45) is 5.11 Å². The highest BCUT2D eigenvalue weighted by molar-refractivity contribution is 5.35. The predicted octanol–water partition coefficient (Wildman–Crippen LogP) is 3.30. The van der Waals surface area contributed by atoms with Crippen molar-refractivity contribution in [2.75, 3.05) is 6.61 Å². The maximum Gasteiger partial charge on any atom is 0.0647 e. The molecule has 17 heavy (non-hydrogen) atoms. The van der Waals surface area contributed by atoms with Crippen LogP contribution in [0.15, 0.2) is 23.3 Å². The van der Waals surface area contributed by atoms with Gasteiger partial charge in [0.2, 0.25) is 0 Å². The van der Waals surface area contributed by atoms with Crippen LogP contribution >= 0.6 is 0 Å². The Morgan fingerprint density at radius 2 is 2.06 bits per heavy atom. The van der Waals surface area contributed by atoms with E-state index in [9.17, 15) is 0 Å². The van der Waals surface area contributed by atoms with Crippen LogP contribution < -0.4 is 0 Å². The Labute approximate surface area is 101 Å².